The molecule has 0 aliphatic carbocycles. The van der Waals surface area contributed by atoms with Gasteiger partial charge in [-0.2, -0.15) is 0 Å². The molecule has 0 bridgehead atoms. The summed E-state index contributed by atoms with van der Waals surface area (Å²) in [7, 11) is 0. The van der Waals surface area contributed by atoms with Gasteiger partial charge in [0.05, 0.1) is 10.7 Å². The van der Waals surface area contributed by atoms with Crippen LogP contribution in [0.4, 0.5) is 5.69 Å². The maximum Gasteiger partial charge on any atom is 0.313 e. The number of hydrogen-bond donors (Lipinski definition) is 1. The summed E-state index contributed by atoms with van der Waals surface area (Å²) < 4.78 is 0. The van der Waals surface area contributed by atoms with Crippen molar-refractivity contribution in [1.29, 1.82) is 0 Å². The Kier molecular flexibility index (Phi) is 6.32. The number of carbonyl (C=O) groups excluding carboxylic acids is 2. The fourth-order valence-electron chi connectivity index (χ4n) is 2.21. The molecule has 1 unspecified atom stereocenters. The highest BCUT2D eigenvalue weighted by molar-refractivity contribution is 6.41. The van der Waals surface area contributed by atoms with Crippen LogP contribution in [0.5, 0.6) is 0 Å². The van der Waals surface area contributed by atoms with Crippen molar-refractivity contribution in [1.82, 2.24) is 9.88 Å². The smallest absolute Gasteiger partial charge is 0.313 e. The Morgan fingerprint density at radius 2 is 2.00 bits per heavy atom. The van der Waals surface area contributed by atoms with Gasteiger partial charge in [0.2, 0.25) is 0 Å². The van der Waals surface area contributed by atoms with E-state index in [9.17, 15) is 9.59 Å². The van der Waals surface area contributed by atoms with Gasteiger partial charge < -0.3 is 10.2 Å². The zero-order valence-corrected chi connectivity index (χ0v) is 14.5. The third kappa shape index (κ3) is 4.55. The highest BCUT2D eigenvalue weighted by Crippen LogP contribution is 2.20. The summed E-state index contributed by atoms with van der Waals surface area (Å²) >= 11 is 6.02. The van der Waals surface area contributed by atoms with Crippen LogP contribution in [0.1, 0.15) is 25.8 Å². The topological polar surface area (TPSA) is 62.3 Å². The first-order valence-electron chi connectivity index (χ1n) is 7.78. The van der Waals surface area contributed by atoms with Crippen molar-refractivity contribution in [3.05, 3.63) is 59.4 Å². The van der Waals surface area contributed by atoms with Crippen LogP contribution in [-0.4, -0.2) is 27.7 Å². The SMILES string of the molecule is CCC(C)N(Cc1cccnc1)C(=O)C(=O)Nc1ccccc1Cl. The van der Waals surface area contributed by atoms with Crippen molar-refractivity contribution < 1.29 is 9.59 Å². The molecule has 126 valence electrons. The summed E-state index contributed by atoms with van der Waals surface area (Å²) in [5, 5.41) is 2.97. The van der Waals surface area contributed by atoms with Gasteiger partial charge in [0.25, 0.3) is 0 Å². The Labute approximate surface area is 146 Å². The van der Waals surface area contributed by atoms with Crippen LogP contribution < -0.4 is 5.32 Å². The van der Waals surface area contributed by atoms with E-state index in [-0.39, 0.29) is 6.04 Å². The predicted octanol–water partition coefficient (Wildman–Crippen LogP) is 3.50. The molecule has 24 heavy (non-hydrogen) atoms. The molecule has 1 aromatic heterocycles. The van der Waals surface area contributed by atoms with Crippen LogP contribution in [0.15, 0.2) is 48.8 Å². The largest absolute Gasteiger partial charge is 0.327 e. The minimum absolute atomic E-state index is 0.0744. The predicted molar refractivity (Wildman–Crippen MR) is 94.6 cm³/mol. The number of hydrogen-bond acceptors (Lipinski definition) is 3. The molecule has 0 fully saturated rings. The number of amides is 2. The standard InChI is InChI=1S/C18H20ClN3O2/c1-3-13(2)22(12-14-7-6-10-20-11-14)18(24)17(23)21-16-9-5-4-8-15(16)19/h4-11,13H,3,12H2,1-2H3,(H,21,23). The van der Waals surface area contributed by atoms with Crippen molar-refractivity contribution in [2.24, 2.45) is 0 Å². The fourth-order valence-corrected chi connectivity index (χ4v) is 2.39. The minimum atomic E-state index is -0.702. The van der Waals surface area contributed by atoms with Crippen molar-refractivity contribution >= 4 is 29.1 Å². The summed E-state index contributed by atoms with van der Waals surface area (Å²) in [5.74, 6) is -1.29. The molecule has 0 saturated heterocycles. The average Bonchev–Trinajstić information content (AvgIpc) is 2.61. The van der Waals surface area contributed by atoms with Gasteiger partial charge in [0, 0.05) is 25.0 Å². The molecule has 1 N–H and O–H groups in total. The lowest BCUT2D eigenvalue weighted by molar-refractivity contribution is -0.145. The van der Waals surface area contributed by atoms with Gasteiger partial charge in [-0.3, -0.25) is 14.6 Å². The number of rotatable bonds is 5. The van der Waals surface area contributed by atoms with Gasteiger partial charge in [0.1, 0.15) is 0 Å². The lowest BCUT2D eigenvalue weighted by atomic mass is 10.1. The summed E-state index contributed by atoms with van der Waals surface area (Å²) in [6.45, 7) is 4.22. The molecule has 2 amide bonds. The zero-order valence-electron chi connectivity index (χ0n) is 13.7. The normalized spacial score (nSPS) is 11.6. The Balaban J connectivity index is 2.15. The van der Waals surface area contributed by atoms with Crippen molar-refractivity contribution in [3.63, 3.8) is 0 Å². The Hall–Kier alpha value is -2.40. The third-order valence-corrected chi connectivity index (χ3v) is 4.11. The summed E-state index contributed by atoms with van der Waals surface area (Å²) in [5.41, 5.74) is 1.29. The minimum Gasteiger partial charge on any atom is -0.327 e. The molecule has 2 aromatic rings. The highest BCUT2D eigenvalue weighted by Gasteiger charge is 2.26. The molecule has 5 nitrogen and oxygen atoms in total. The first kappa shape index (κ1) is 17.9. The van der Waals surface area contributed by atoms with Crippen molar-refractivity contribution in [3.8, 4) is 0 Å². The van der Waals surface area contributed by atoms with Crippen molar-refractivity contribution in [2.45, 2.75) is 32.9 Å². The van der Waals surface area contributed by atoms with Gasteiger partial charge >= 0.3 is 11.8 Å². The quantitative estimate of drug-likeness (QED) is 0.843. The van der Waals surface area contributed by atoms with Crippen LogP contribution in [-0.2, 0) is 16.1 Å². The monoisotopic (exact) mass is 345 g/mol. The lowest BCUT2D eigenvalue weighted by Crippen LogP contribution is -2.44. The second-order valence-electron chi connectivity index (χ2n) is 5.49. The van der Waals surface area contributed by atoms with E-state index in [2.05, 4.69) is 10.3 Å². The van der Waals surface area contributed by atoms with Gasteiger partial charge in [-0.05, 0) is 37.1 Å². The summed E-state index contributed by atoms with van der Waals surface area (Å²) in [6.07, 6.45) is 4.10. The molecule has 1 heterocycles. The van der Waals surface area contributed by atoms with E-state index in [1.807, 2.05) is 19.9 Å². The molecule has 1 atom stereocenters. The van der Waals surface area contributed by atoms with Gasteiger partial charge in [-0.25, -0.2) is 0 Å². The molecular formula is C18H20ClN3O2. The van der Waals surface area contributed by atoms with E-state index in [0.717, 1.165) is 12.0 Å². The lowest BCUT2D eigenvalue weighted by Gasteiger charge is -2.28. The molecule has 0 saturated carbocycles. The number of pyridine rings is 1. The van der Waals surface area contributed by atoms with Gasteiger partial charge in [-0.15, -0.1) is 0 Å². The van der Waals surface area contributed by atoms with Gasteiger partial charge in [-0.1, -0.05) is 36.7 Å². The van der Waals surface area contributed by atoms with E-state index >= 15 is 0 Å². The van der Waals surface area contributed by atoms with E-state index < -0.39 is 11.8 Å². The number of halogens is 1. The molecular weight excluding hydrogens is 326 g/mol. The fraction of sp³-hybridized carbons (Fsp3) is 0.278. The molecule has 1 aromatic carbocycles. The van der Waals surface area contributed by atoms with E-state index in [1.165, 1.54) is 0 Å². The van der Waals surface area contributed by atoms with Crippen LogP contribution in [0.3, 0.4) is 0 Å². The zero-order chi connectivity index (χ0) is 17.5. The third-order valence-electron chi connectivity index (χ3n) is 3.78. The maximum absolute atomic E-state index is 12.6. The van der Waals surface area contributed by atoms with Crippen LogP contribution in [0.25, 0.3) is 0 Å². The molecule has 2 rings (SSSR count). The van der Waals surface area contributed by atoms with Crippen LogP contribution in [0, 0.1) is 0 Å². The number of benzene rings is 1. The highest BCUT2D eigenvalue weighted by atomic mass is 35.5. The molecule has 0 radical (unpaired) electrons. The second kappa shape index (κ2) is 8.45. The number of nitrogens with zero attached hydrogens (tertiary/aromatic N) is 2. The summed E-state index contributed by atoms with van der Waals surface area (Å²) in [4.78, 5) is 30.5. The van der Waals surface area contributed by atoms with Crippen LogP contribution >= 0.6 is 11.6 Å². The van der Waals surface area contributed by atoms with E-state index in [4.69, 9.17) is 11.6 Å². The average molecular weight is 346 g/mol. The molecule has 0 aliphatic rings. The number of carbonyl (C=O) groups is 2. The first-order valence-corrected chi connectivity index (χ1v) is 8.16. The second-order valence-corrected chi connectivity index (χ2v) is 5.89. The number of nitrogens with one attached hydrogen (secondary N) is 1. The Bertz CT molecular complexity index is 706. The summed E-state index contributed by atoms with van der Waals surface area (Å²) in [6, 6.07) is 10.4. The maximum atomic E-state index is 12.6. The van der Waals surface area contributed by atoms with E-state index in [1.54, 1.807) is 47.6 Å². The van der Waals surface area contributed by atoms with E-state index in [0.29, 0.717) is 17.3 Å². The Morgan fingerprint density at radius 1 is 1.25 bits per heavy atom. The number of para-hydroxylation sites is 1. The van der Waals surface area contributed by atoms with Crippen molar-refractivity contribution in [2.75, 3.05) is 5.32 Å². The molecule has 0 aliphatic heterocycles. The number of anilines is 1. The molecule has 6 heteroatoms. The van der Waals surface area contributed by atoms with Crippen LogP contribution in [0.2, 0.25) is 5.02 Å². The van der Waals surface area contributed by atoms with Gasteiger partial charge in [0.15, 0.2) is 0 Å². The first-order chi connectivity index (χ1) is 11.5. The number of aromatic nitrogens is 1. The Morgan fingerprint density at radius 3 is 2.62 bits per heavy atom. The molecule has 0 spiro atoms.